The molecule has 1 N–H and O–H groups in total. The van der Waals surface area contributed by atoms with Gasteiger partial charge in [-0.3, -0.25) is 4.79 Å². The summed E-state index contributed by atoms with van der Waals surface area (Å²) in [5, 5.41) is 12.6. The molecule has 0 radical (unpaired) electrons. The Hall–Kier alpha value is -2.71. The summed E-state index contributed by atoms with van der Waals surface area (Å²) in [4.78, 5) is 12.2. The van der Waals surface area contributed by atoms with Crippen LogP contribution in [0, 0.1) is 6.92 Å². The van der Waals surface area contributed by atoms with E-state index in [2.05, 4.69) is 15.5 Å². The van der Waals surface area contributed by atoms with E-state index in [0.717, 1.165) is 11.3 Å². The minimum Gasteiger partial charge on any atom is -0.497 e. The van der Waals surface area contributed by atoms with E-state index >= 15 is 0 Å². The topological polar surface area (TPSA) is 78.3 Å². The Morgan fingerprint density at radius 3 is 2.57 bits per heavy atom. The highest BCUT2D eigenvalue weighted by atomic mass is 35.5. The van der Waals surface area contributed by atoms with E-state index in [1.165, 1.54) is 11.8 Å². The average molecular weight is 447 g/mol. The van der Waals surface area contributed by atoms with Crippen LogP contribution in [0.5, 0.6) is 11.5 Å². The fourth-order valence-electron chi connectivity index (χ4n) is 2.75. The number of aryl methyl sites for hydroxylation is 1. The van der Waals surface area contributed by atoms with Crippen LogP contribution in [0.25, 0.3) is 0 Å². The third kappa shape index (κ3) is 5.46. The Labute approximate surface area is 184 Å². The molecule has 1 aromatic heterocycles. The molecule has 0 aliphatic heterocycles. The quantitative estimate of drug-likeness (QED) is 0.507. The van der Waals surface area contributed by atoms with Crippen LogP contribution in [0.4, 0.5) is 5.69 Å². The van der Waals surface area contributed by atoms with E-state index in [9.17, 15) is 4.79 Å². The maximum atomic E-state index is 12.2. The van der Waals surface area contributed by atoms with Gasteiger partial charge in [0.05, 0.1) is 12.9 Å². The highest BCUT2D eigenvalue weighted by molar-refractivity contribution is 7.99. The van der Waals surface area contributed by atoms with Crippen molar-refractivity contribution in [3.63, 3.8) is 0 Å². The molecular weight excluding hydrogens is 424 g/mol. The monoisotopic (exact) mass is 446 g/mol. The number of carbonyl (C=O) groups is 1. The molecule has 0 bridgehead atoms. The molecule has 0 saturated carbocycles. The molecular formula is C21H23ClN4O3S. The number of halogens is 1. The third-order valence-corrected chi connectivity index (χ3v) is 5.82. The fourth-order valence-corrected chi connectivity index (χ4v) is 3.59. The summed E-state index contributed by atoms with van der Waals surface area (Å²) in [6.07, 6.45) is -0.314. The number of thioether (sulfide) groups is 1. The number of hydrogen-bond acceptors (Lipinski definition) is 6. The van der Waals surface area contributed by atoms with E-state index in [1.807, 2.05) is 37.6 Å². The van der Waals surface area contributed by atoms with Gasteiger partial charge < -0.3 is 19.4 Å². The van der Waals surface area contributed by atoms with Gasteiger partial charge in [-0.2, -0.15) is 0 Å². The van der Waals surface area contributed by atoms with Crippen molar-refractivity contribution < 1.29 is 14.3 Å². The van der Waals surface area contributed by atoms with Crippen molar-refractivity contribution in [1.82, 2.24) is 14.8 Å². The number of nitrogens with one attached hydrogen (secondary N) is 1. The summed E-state index contributed by atoms with van der Waals surface area (Å²) in [7, 11) is 3.45. The van der Waals surface area contributed by atoms with Gasteiger partial charge in [-0.25, -0.2) is 0 Å². The number of methoxy groups -OCH3 is 1. The standard InChI is InChI=1S/C21H23ClN4O3S/c1-13-11-17(9-10-18(13)22)29-14(2)20-24-25-21(26(20)3)30-12-19(27)23-15-5-7-16(28-4)8-6-15/h5-11,14H,12H2,1-4H3,(H,23,27). The number of nitrogens with zero attached hydrogens (tertiary/aromatic N) is 3. The highest BCUT2D eigenvalue weighted by Crippen LogP contribution is 2.26. The van der Waals surface area contributed by atoms with Crippen molar-refractivity contribution in [2.45, 2.75) is 25.1 Å². The minimum absolute atomic E-state index is 0.129. The van der Waals surface area contributed by atoms with Gasteiger partial charge in [0, 0.05) is 17.8 Å². The number of amides is 1. The number of benzene rings is 2. The second-order valence-electron chi connectivity index (χ2n) is 6.64. The summed E-state index contributed by atoms with van der Waals surface area (Å²) in [5.74, 6) is 2.19. The van der Waals surface area contributed by atoms with Crippen molar-refractivity contribution in [2.75, 3.05) is 18.2 Å². The Morgan fingerprint density at radius 1 is 1.20 bits per heavy atom. The van der Waals surface area contributed by atoms with Gasteiger partial charge in [-0.15, -0.1) is 10.2 Å². The SMILES string of the molecule is COc1ccc(NC(=O)CSc2nnc(C(C)Oc3ccc(Cl)c(C)c3)n2C)cc1. The van der Waals surface area contributed by atoms with E-state index in [4.69, 9.17) is 21.1 Å². The van der Waals surface area contributed by atoms with Crippen LogP contribution in [0.2, 0.25) is 5.02 Å². The van der Waals surface area contributed by atoms with Crippen LogP contribution in [-0.2, 0) is 11.8 Å². The third-order valence-electron chi connectivity index (χ3n) is 4.38. The number of anilines is 1. The first-order chi connectivity index (χ1) is 14.4. The molecule has 0 saturated heterocycles. The van der Waals surface area contributed by atoms with Gasteiger partial charge in [0.15, 0.2) is 17.1 Å². The molecule has 1 amide bonds. The Kier molecular flexibility index (Phi) is 7.23. The summed E-state index contributed by atoms with van der Waals surface area (Å²) < 4.78 is 12.9. The minimum atomic E-state index is -0.314. The van der Waals surface area contributed by atoms with Crippen molar-refractivity contribution >= 4 is 35.0 Å². The molecule has 2 aromatic carbocycles. The lowest BCUT2D eigenvalue weighted by Gasteiger charge is -2.15. The summed E-state index contributed by atoms with van der Waals surface area (Å²) >= 11 is 7.38. The zero-order valence-corrected chi connectivity index (χ0v) is 18.8. The number of rotatable bonds is 8. The molecule has 7 nitrogen and oxygen atoms in total. The molecule has 9 heteroatoms. The lowest BCUT2D eigenvalue weighted by molar-refractivity contribution is -0.113. The fraction of sp³-hybridized carbons (Fsp3) is 0.286. The summed E-state index contributed by atoms with van der Waals surface area (Å²) in [6.45, 7) is 3.83. The van der Waals surface area contributed by atoms with Crippen molar-refractivity contribution in [1.29, 1.82) is 0 Å². The number of aromatic nitrogens is 3. The second kappa shape index (κ2) is 9.86. The van der Waals surface area contributed by atoms with Crippen LogP contribution < -0.4 is 14.8 Å². The smallest absolute Gasteiger partial charge is 0.234 e. The normalized spacial score (nSPS) is 11.8. The molecule has 1 heterocycles. The van der Waals surface area contributed by atoms with Gasteiger partial charge in [-0.1, -0.05) is 23.4 Å². The zero-order chi connectivity index (χ0) is 21.7. The van der Waals surface area contributed by atoms with Gasteiger partial charge in [0.2, 0.25) is 5.91 Å². The van der Waals surface area contributed by atoms with E-state index in [1.54, 1.807) is 37.4 Å². The largest absolute Gasteiger partial charge is 0.497 e. The molecule has 0 aliphatic rings. The first-order valence-corrected chi connectivity index (χ1v) is 10.6. The van der Waals surface area contributed by atoms with Crippen LogP contribution >= 0.6 is 23.4 Å². The highest BCUT2D eigenvalue weighted by Gasteiger charge is 2.18. The first kappa shape index (κ1) is 22.0. The van der Waals surface area contributed by atoms with E-state index in [-0.39, 0.29) is 17.8 Å². The lowest BCUT2D eigenvalue weighted by atomic mass is 10.2. The molecule has 1 atom stereocenters. The molecule has 3 rings (SSSR count). The molecule has 0 aliphatic carbocycles. The van der Waals surface area contributed by atoms with Crippen molar-refractivity contribution in [3.8, 4) is 11.5 Å². The first-order valence-electron chi connectivity index (χ1n) is 9.26. The molecule has 1 unspecified atom stereocenters. The van der Waals surface area contributed by atoms with Crippen LogP contribution in [0.1, 0.15) is 24.4 Å². The maximum absolute atomic E-state index is 12.2. The van der Waals surface area contributed by atoms with Crippen molar-refractivity contribution in [2.24, 2.45) is 7.05 Å². The zero-order valence-electron chi connectivity index (χ0n) is 17.2. The van der Waals surface area contributed by atoms with E-state index < -0.39 is 0 Å². The molecule has 0 spiro atoms. The van der Waals surface area contributed by atoms with Gasteiger partial charge in [0.25, 0.3) is 0 Å². The number of hydrogen-bond donors (Lipinski definition) is 1. The Balaban J connectivity index is 1.57. The Morgan fingerprint density at radius 2 is 1.90 bits per heavy atom. The molecule has 3 aromatic rings. The second-order valence-corrected chi connectivity index (χ2v) is 7.99. The maximum Gasteiger partial charge on any atom is 0.234 e. The van der Waals surface area contributed by atoms with Gasteiger partial charge in [0.1, 0.15) is 11.5 Å². The summed E-state index contributed by atoms with van der Waals surface area (Å²) in [6, 6.07) is 12.7. The van der Waals surface area contributed by atoms with Crippen LogP contribution in [-0.4, -0.2) is 33.5 Å². The van der Waals surface area contributed by atoms with Crippen molar-refractivity contribution in [3.05, 3.63) is 58.9 Å². The molecule has 0 fully saturated rings. The van der Waals surface area contributed by atoms with Crippen LogP contribution in [0.3, 0.4) is 0 Å². The number of carbonyl (C=O) groups excluding carboxylic acids is 1. The predicted molar refractivity (Wildman–Crippen MR) is 119 cm³/mol. The molecule has 30 heavy (non-hydrogen) atoms. The van der Waals surface area contributed by atoms with E-state index in [0.29, 0.717) is 27.4 Å². The van der Waals surface area contributed by atoms with Gasteiger partial charge in [-0.05, 0) is 61.9 Å². The lowest BCUT2D eigenvalue weighted by Crippen LogP contribution is -2.14. The predicted octanol–water partition coefficient (Wildman–Crippen LogP) is 4.66. The average Bonchev–Trinajstić information content (AvgIpc) is 3.10. The van der Waals surface area contributed by atoms with Gasteiger partial charge >= 0.3 is 0 Å². The summed E-state index contributed by atoms with van der Waals surface area (Å²) in [5.41, 5.74) is 1.65. The van der Waals surface area contributed by atoms with Crippen LogP contribution in [0.15, 0.2) is 47.6 Å². The number of ether oxygens (including phenoxy) is 2. The Bertz CT molecular complexity index is 1020. The molecule has 158 valence electrons.